The number of anilines is 1. The van der Waals surface area contributed by atoms with E-state index in [1.54, 1.807) is 12.1 Å². The molecule has 150 valence electrons. The molecule has 2 heterocycles. The molecule has 0 spiro atoms. The second-order valence-electron chi connectivity index (χ2n) is 7.43. The van der Waals surface area contributed by atoms with Gasteiger partial charge in [0.25, 0.3) is 5.89 Å². The molecule has 0 unspecified atom stereocenters. The highest BCUT2D eigenvalue weighted by Crippen LogP contribution is 2.22. The van der Waals surface area contributed by atoms with Gasteiger partial charge < -0.3 is 9.84 Å². The van der Waals surface area contributed by atoms with Gasteiger partial charge in [-0.2, -0.15) is 4.98 Å². The van der Waals surface area contributed by atoms with Gasteiger partial charge in [0.05, 0.1) is 6.54 Å². The van der Waals surface area contributed by atoms with E-state index in [1.165, 1.54) is 12.1 Å². The van der Waals surface area contributed by atoms with Crippen LogP contribution in [0.1, 0.15) is 24.2 Å². The average molecular weight is 394 g/mol. The van der Waals surface area contributed by atoms with Crippen LogP contribution in [0.4, 0.5) is 10.1 Å². The molecule has 0 atom stereocenters. The molecule has 1 fully saturated rings. The molecule has 2 aromatic carbocycles. The zero-order chi connectivity index (χ0) is 20.2. The number of nitrogens with one attached hydrogen (secondary N) is 1. The molecule has 29 heavy (non-hydrogen) atoms. The summed E-state index contributed by atoms with van der Waals surface area (Å²) in [6, 6.07) is 13.8. The zero-order valence-electron chi connectivity index (χ0n) is 16.3. The van der Waals surface area contributed by atoms with E-state index in [1.807, 2.05) is 31.2 Å². The van der Waals surface area contributed by atoms with Gasteiger partial charge >= 0.3 is 0 Å². The van der Waals surface area contributed by atoms with Crippen LogP contribution < -0.4 is 5.32 Å². The first-order chi connectivity index (χ1) is 14.1. The van der Waals surface area contributed by atoms with E-state index in [4.69, 9.17) is 4.52 Å². The van der Waals surface area contributed by atoms with E-state index in [2.05, 4.69) is 20.4 Å². The fourth-order valence-corrected chi connectivity index (χ4v) is 3.55. The number of hydrogen-bond acceptors (Lipinski definition) is 5. The number of hydrogen-bond donors (Lipinski definition) is 1. The summed E-state index contributed by atoms with van der Waals surface area (Å²) in [5.74, 6) is 0.752. The molecule has 1 saturated heterocycles. The molecule has 1 N–H and O–H groups in total. The normalized spacial score (nSPS) is 15.4. The summed E-state index contributed by atoms with van der Waals surface area (Å²) in [5, 5.41) is 7.05. The van der Waals surface area contributed by atoms with E-state index in [0.29, 0.717) is 23.8 Å². The summed E-state index contributed by atoms with van der Waals surface area (Å²) in [4.78, 5) is 19.2. The predicted molar refractivity (Wildman–Crippen MR) is 108 cm³/mol. The third-order valence-corrected chi connectivity index (χ3v) is 5.17. The van der Waals surface area contributed by atoms with Gasteiger partial charge in [0.2, 0.25) is 5.91 Å². The molecule has 0 saturated carbocycles. The van der Waals surface area contributed by atoms with Crippen LogP contribution in [0, 0.1) is 18.7 Å². The molecular formula is C22H23FN4O2. The second-order valence-corrected chi connectivity index (χ2v) is 7.43. The Bertz CT molecular complexity index is 978. The third kappa shape index (κ3) is 4.86. The topological polar surface area (TPSA) is 71.3 Å². The maximum atomic E-state index is 13.0. The third-order valence-electron chi connectivity index (χ3n) is 5.17. The number of nitrogens with zero attached hydrogens (tertiary/aromatic N) is 3. The molecule has 0 aliphatic carbocycles. The Morgan fingerprint density at radius 3 is 2.69 bits per heavy atom. The van der Waals surface area contributed by atoms with Crippen molar-refractivity contribution in [3.8, 4) is 11.5 Å². The molecule has 1 aromatic heterocycles. The van der Waals surface area contributed by atoms with Crippen molar-refractivity contribution in [1.82, 2.24) is 15.0 Å². The minimum Gasteiger partial charge on any atom is -0.334 e. The molecule has 6 nitrogen and oxygen atoms in total. The van der Waals surface area contributed by atoms with Crippen LogP contribution in [0.15, 0.2) is 53.1 Å². The number of halogens is 1. The Morgan fingerprint density at radius 1 is 1.21 bits per heavy atom. The van der Waals surface area contributed by atoms with Crippen molar-refractivity contribution >= 4 is 11.6 Å². The second kappa shape index (κ2) is 8.53. The van der Waals surface area contributed by atoms with Crippen molar-refractivity contribution in [3.63, 3.8) is 0 Å². The summed E-state index contributed by atoms with van der Waals surface area (Å²) in [6.45, 7) is 4.17. The van der Waals surface area contributed by atoms with Crippen molar-refractivity contribution in [1.29, 1.82) is 0 Å². The largest absolute Gasteiger partial charge is 0.334 e. The summed E-state index contributed by atoms with van der Waals surface area (Å²) in [5.41, 5.74) is 2.66. The minimum atomic E-state index is -0.303. The number of likely N-dealkylation sites (tertiary alicyclic amines) is 1. The van der Waals surface area contributed by atoms with Crippen LogP contribution in [0.3, 0.4) is 0 Å². The first-order valence-corrected chi connectivity index (χ1v) is 9.75. The number of amides is 1. The molecule has 4 rings (SSSR count). The molecule has 0 radical (unpaired) electrons. The molecule has 1 amide bonds. The van der Waals surface area contributed by atoms with Gasteiger partial charge in [-0.05, 0) is 74.8 Å². The van der Waals surface area contributed by atoms with Crippen LogP contribution in [-0.4, -0.2) is 34.0 Å². The number of aryl methyl sites for hydroxylation is 1. The highest BCUT2D eigenvalue weighted by atomic mass is 19.1. The maximum absolute atomic E-state index is 13.0. The number of carbonyl (C=O) groups excluding carboxylic acids is 1. The molecular weight excluding hydrogens is 371 g/mol. The summed E-state index contributed by atoms with van der Waals surface area (Å²) < 4.78 is 18.3. The van der Waals surface area contributed by atoms with E-state index in [0.717, 1.165) is 37.2 Å². The van der Waals surface area contributed by atoms with E-state index in [-0.39, 0.29) is 17.6 Å². The SMILES string of the molecule is Cc1cccc(NC(=O)C2CCN(Cc3noc(-c4ccc(F)cc4)n3)CC2)c1. The first kappa shape index (κ1) is 19.3. The fourth-order valence-electron chi connectivity index (χ4n) is 3.55. The van der Waals surface area contributed by atoms with Crippen LogP contribution in [0.25, 0.3) is 11.5 Å². The van der Waals surface area contributed by atoms with Gasteiger partial charge in [-0.15, -0.1) is 0 Å². The van der Waals surface area contributed by atoms with Gasteiger partial charge in [-0.3, -0.25) is 9.69 Å². The summed E-state index contributed by atoms with van der Waals surface area (Å²) in [6.07, 6.45) is 1.58. The summed E-state index contributed by atoms with van der Waals surface area (Å²) in [7, 11) is 0. The van der Waals surface area contributed by atoms with Gasteiger partial charge in [0.1, 0.15) is 5.82 Å². The van der Waals surface area contributed by atoms with Crippen molar-refractivity contribution in [2.45, 2.75) is 26.3 Å². The molecule has 7 heteroatoms. The van der Waals surface area contributed by atoms with Gasteiger partial charge in [0.15, 0.2) is 5.82 Å². The van der Waals surface area contributed by atoms with E-state index < -0.39 is 0 Å². The number of piperidine rings is 1. The van der Waals surface area contributed by atoms with Crippen molar-refractivity contribution in [2.24, 2.45) is 5.92 Å². The van der Waals surface area contributed by atoms with Crippen LogP contribution in [0.2, 0.25) is 0 Å². The predicted octanol–water partition coefficient (Wildman–Crippen LogP) is 4.03. The standard InChI is InChI=1S/C22H23FN4O2/c1-15-3-2-4-19(13-15)24-21(28)16-9-11-27(12-10-16)14-20-25-22(29-26-20)17-5-7-18(23)8-6-17/h2-8,13,16H,9-12,14H2,1H3,(H,24,28). The number of carbonyl (C=O) groups is 1. The highest BCUT2D eigenvalue weighted by Gasteiger charge is 2.26. The van der Waals surface area contributed by atoms with Gasteiger partial charge in [0, 0.05) is 17.2 Å². The fraction of sp³-hybridized carbons (Fsp3) is 0.318. The van der Waals surface area contributed by atoms with E-state index in [9.17, 15) is 9.18 Å². The van der Waals surface area contributed by atoms with E-state index >= 15 is 0 Å². The van der Waals surface area contributed by atoms with Crippen LogP contribution >= 0.6 is 0 Å². The molecule has 1 aliphatic heterocycles. The van der Waals surface area contributed by atoms with Crippen molar-refractivity contribution in [2.75, 3.05) is 18.4 Å². The lowest BCUT2D eigenvalue weighted by Gasteiger charge is -2.30. The Kier molecular flexibility index (Phi) is 5.67. The lowest BCUT2D eigenvalue weighted by molar-refractivity contribution is -0.121. The highest BCUT2D eigenvalue weighted by molar-refractivity contribution is 5.92. The van der Waals surface area contributed by atoms with Crippen molar-refractivity contribution < 1.29 is 13.7 Å². The minimum absolute atomic E-state index is 0.00630. The monoisotopic (exact) mass is 394 g/mol. The molecule has 3 aromatic rings. The zero-order valence-corrected chi connectivity index (χ0v) is 16.3. The Labute approximate surface area is 168 Å². The Balaban J connectivity index is 1.29. The Morgan fingerprint density at radius 2 is 1.97 bits per heavy atom. The van der Waals surface area contributed by atoms with Gasteiger partial charge in [-0.1, -0.05) is 17.3 Å². The first-order valence-electron chi connectivity index (χ1n) is 9.75. The smallest absolute Gasteiger partial charge is 0.257 e. The van der Waals surface area contributed by atoms with Crippen molar-refractivity contribution in [3.05, 3.63) is 65.7 Å². The Hall–Kier alpha value is -3.06. The average Bonchev–Trinajstić information content (AvgIpc) is 3.17. The maximum Gasteiger partial charge on any atom is 0.257 e. The number of benzene rings is 2. The van der Waals surface area contributed by atoms with Crippen LogP contribution in [-0.2, 0) is 11.3 Å². The lowest BCUT2D eigenvalue weighted by atomic mass is 9.95. The number of rotatable bonds is 5. The van der Waals surface area contributed by atoms with Gasteiger partial charge in [-0.25, -0.2) is 4.39 Å². The quantitative estimate of drug-likeness (QED) is 0.707. The lowest BCUT2D eigenvalue weighted by Crippen LogP contribution is -2.38. The van der Waals surface area contributed by atoms with Crippen LogP contribution in [0.5, 0.6) is 0 Å². The summed E-state index contributed by atoms with van der Waals surface area (Å²) >= 11 is 0. The molecule has 1 aliphatic rings. The molecule has 0 bridgehead atoms. The number of aromatic nitrogens is 2.